The van der Waals surface area contributed by atoms with E-state index in [0.717, 1.165) is 0 Å². The van der Waals surface area contributed by atoms with Crippen molar-refractivity contribution in [3.8, 4) is 6.07 Å². The number of hydrogen-bond donors (Lipinski definition) is 2. The number of hydrogen-bond acceptors (Lipinski definition) is 5. The molecule has 2 aromatic carbocycles. The molecule has 0 saturated carbocycles. The molecule has 0 fully saturated rings. The predicted molar refractivity (Wildman–Crippen MR) is 70.0 cm³/mol. The average Bonchev–Trinajstić information content (AvgIpc) is 2.43. The molecule has 18 heavy (non-hydrogen) atoms. The van der Waals surface area contributed by atoms with E-state index < -0.39 is 10.9 Å². The third-order valence-electron chi connectivity index (χ3n) is 2.55. The van der Waals surface area contributed by atoms with Gasteiger partial charge in [0.1, 0.15) is 11.4 Å². The lowest BCUT2D eigenvalue weighted by atomic mass is 10.1. The Morgan fingerprint density at radius 2 is 1.72 bits per heavy atom. The third kappa shape index (κ3) is 1.96. The second-order valence-electron chi connectivity index (χ2n) is 3.75. The second kappa shape index (κ2) is 4.72. The van der Waals surface area contributed by atoms with Gasteiger partial charge in [0, 0.05) is 12.2 Å². The van der Waals surface area contributed by atoms with Gasteiger partial charge in [0.25, 0.3) is 10.9 Å². The normalized spacial score (nSPS) is 10.0. The summed E-state index contributed by atoms with van der Waals surface area (Å²) in [6, 6.07) is 8.66. The molecule has 0 aliphatic rings. The van der Waals surface area contributed by atoms with Gasteiger partial charge in [-0.05, 0) is 31.2 Å². The SMILES string of the molecule is CCNc1c(Nc2ccc(C#N)cc2)c(=O)c1=O. The van der Waals surface area contributed by atoms with E-state index in [9.17, 15) is 9.59 Å². The quantitative estimate of drug-likeness (QED) is 0.789. The van der Waals surface area contributed by atoms with E-state index in [1.807, 2.05) is 13.0 Å². The topological polar surface area (TPSA) is 82.0 Å². The zero-order valence-corrected chi connectivity index (χ0v) is 9.78. The van der Waals surface area contributed by atoms with Crippen molar-refractivity contribution in [1.29, 1.82) is 5.26 Å². The molecule has 0 heterocycles. The van der Waals surface area contributed by atoms with E-state index >= 15 is 0 Å². The van der Waals surface area contributed by atoms with Crippen LogP contribution in [0.25, 0.3) is 0 Å². The van der Waals surface area contributed by atoms with Crippen molar-refractivity contribution < 1.29 is 0 Å². The molecule has 5 nitrogen and oxygen atoms in total. The Kier molecular flexibility index (Phi) is 3.11. The summed E-state index contributed by atoms with van der Waals surface area (Å²) in [5.74, 6) is 0. The van der Waals surface area contributed by atoms with E-state index in [2.05, 4.69) is 10.6 Å². The Balaban J connectivity index is 2.24. The molecule has 0 bridgehead atoms. The largest absolute Gasteiger partial charge is 0.380 e. The maximum atomic E-state index is 11.4. The highest BCUT2D eigenvalue weighted by molar-refractivity contribution is 5.78. The second-order valence-corrected chi connectivity index (χ2v) is 3.75. The molecule has 0 aromatic heterocycles. The van der Waals surface area contributed by atoms with Crippen LogP contribution in [0.2, 0.25) is 0 Å². The fraction of sp³-hybridized carbons (Fsp3) is 0.154. The van der Waals surface area contributed by atoms with Crippen molar-refractivity contribution in [3.05, 3.63) is 50.3 Å². The summed E-state index contributed by atoms with van der Waals surface area (Å²) in [7, 11) is 0. The van der Waals surface area contributed by atoms with Crippen LogP contribution in [0.3, 0.4) is 0 Å². The first-order valence-electron chi connectivity index (χ1n) is 5.51. The van der Waals surface area contributed by atoms with E-state index in [0.29, 0.717) is 23.5 Å². The van der Waals surface area contributed by atoms with Crippen LogP contribution in [0, 0.1) is 11.3 Å². The first-order chi connectivity index (χ1) is 8.67. The molecule has 2 N–H and O–H groups in total. The van der Waals surface area contributed by atoms with Crippen molar-refractivity contribution in [3.63, 3.8) is 0 Å². The Bertz CT molecular complexity index is 674. The van der Waals surface area contributed by atoms with E-state index in [1.165, 1.54) is 0 Å². The maximum Gasteiger partial charge on any atom is 0.253 e. The van der Waals surface area contributed by atoms with Gasteiger partial charge >= 0.3 is 0 Å². The van der Waals surface area contributed by atoms with E-state index in [-0.39, 0.29) is 5.69 Å². The highest BCUT2D eigenvalue weighted by Gasteiger charge is 2.19. The molecule has 0 unspecified atom stereocenters. The summed E-state index contributed by atoms with van der Waals surface area (Å²) < 4.78 is 0. The highest BCUT2D eigenvalue weighted by Crippen LogP contribution is 2.20. The van der Waals surface area contributed by atoms with Gasteiger partial charge in [-0.15, -0.1) is 0 Å². The number of rotatable bonds is 4. The minimum atomic E-state index is -0.518. The number of benzene rings is 1. The van der Waals surface area contributed by atoms with Gasteiger partial charge in [-0.1, -0.05) is 0 Å². The van der Waals surface area contributed by atoms with E-state index in [4.69, 9.17) is 5.26 Å². The number of nitriles is 1. The summed E-state index contributed by atoms with van der Waals surface area (Å²) in [4.78, 5) is 22.7. The minimum absolute atomic E-state index is 0.284. The van der Waals surface area contributed by atoms with Crippen LogP contribution in [-0.2, 0) is 0 Å². The van der Waals surface area contributed by atoms with Gasteiger partial charge in [-0.3, -0.25) is 9.59 Å². The Labute approximate surface area is 103 Å². The molecule has 0 amide bonds. The predicted octanol–water partition coefficient (Wildman–Crippen LogP) is 1.33. The minimum Gasteiger partial charge on any atom is -0.380 e. The van der Waals surface area contributed by atoms with Crippen molar-refractivity contribution in [1.82, 2.24) is 0 Å². The van der Waals surface area contributed by atoms with Crippen molar-refractivity contribution in [2.75, 3.05) is 17.2 Å². The fourth-order valence-corrected chi connectivity index (χ4v) is 1.63. The van der Waals surface area contributed by atoms with Crippen LogP contribution in [0.15, 0.2) is 33.9 Å². The van der Waals surface area contributed by atoms with Crippen LogP contribution in [0.5, 0.6) is 0 Å². The van der Waals surface area contributed by atoms with Gasteiger partial charge in [-0.2, -0.15) is 5.26 Å². The van der Waals surface area contributed by atoms with Gasteiger partial charge in [0.05, 0.1) is 11.6 Å². The van der Waals surface area contributed by atoms with Crippen LogP contribution < -0.4 is 21.5 Å². The molecule has 0 aliphatic carbocycles. The summed E-state index contributed by atoms with van der Waals surface area (Å²) in [6.45, 7) is 2.43. The molecule has 0 radical (unpaired) electrons. The molecule has 2 aromatic rings. The molecule has 0 aliphatic heterocycles. The maximum absolute atomic E-state index is 11.4. The summed E-state index contributed by atoms with van der Waals surface area (Å²) >= 11 is 0. The van der Waals surface area contributed by atoms with Crippen LogP contribution in [-0.4, -0.2) is 6.54 Å². The van der Waals surface area contributed by atoms with Gasteiger partial charge < -0.3 is 10.6 Å². The van der Waals surface area contributed by atoms with Gasteiger partial charge in [-0.25, -0.2) is 0 Å². The molecule has 2 rings (SSSR count). The zero-order valence-electron chi connectivity index (χ0n) is 9.78. The number of nitrogens with one attached hydrogen (secondary N) is 2. The van der Waals surface area contributed by atoms with Crippen LogP contribution >= 0.6 is 0 Å². The smallest absolute Gasteiger partial charge is 0.253 e. The molecule has 0 atom stereocenters. The summed E-state index contributed by atoms with van der Waals surface area (Å²) in [6.07, 6.45) is 0. The lowest BCUT2D eigenvalue weighted by molar-refractivity contribution is 1.18. The Morgan fingerprint density at radius 1 is 1.11 bits per heavy atom. The van der Waals surface area contributed by atoms with Crippen molar-refractivity contribution in [2.24, 2.45) is 0 Å². The summed E-state index contributed by atoms with van der Waals surface area (Å²) in [5, 5.41) is 14.4. The highest BCUT2D eigenvalue weighted by atomic mass is 16.2. The van der Waals surface area contributed by atoms with Crippen LogP contribution in [0.1, 0.15) is 12.5 Å². The number of nitrogens with zero attached hydrogens (tertiary/aromatic N) is 1. The first-order valence-corrected chi connectivity index (χ1v) is 5.51. The molecule has 0 spiro atoms. The zero-order chi connectivity index (χ0) is 13.1. The molecule has 5 heteroatoms. The molecular weight excluding hydrogens is 230 g/mol. The lowest BCUT2D eigenvalue weighted by Crippen LogP contribution is -2.36. The molecular formula is C13H11N3O2. The van der Waals surface area contributed by atoms with Crippen LogP contribution in [0.4, 0.5) is 17.1 Å². The lowest BCUT2D eigenvalue weighted by Gasteiger charge is -2.13. The van der Waals surface area contributed by atoms with Crippen molar-refractivity contribution >= 4 is 17.1 Å². The van der Waals surface area contributed by atoms with Gasteiger partial charge in [0.15, 0.2) is 0 Å². The summed E-state index contributed by atoms with van der Waals surface area (Å²) in [5.41, 5.74) is 0.805. The average molecular weight is 241 g/mol. The Morgan fingerprint density at radius 3 is 2.28 bits per heavy atom. The fourth-order valence-electron chi connectivity index (χ4n) is 1.63. The monoisotopic (exact) mass is 241 g/mol. The van der Waals surface area contributed by atoms with Gasteiger partial charge in [0.2, 0.25) is 0 Å². The molecule has 0 saturated heterocycles. The standard InChI is InChI=1S/C13H11N3O2/c1-2-15-10-11(13(18)12(10)17)16-9-5-3-8(7-14)4-6-9/h3-6,15-16H,2H2,1H3. The van der Waals surface area contributed by atoms with Crippen molar-refractivity contribution in [2.45, 2.75) is 6.92 Å². The number of anilines is 3. The Hall–Kier alpha value is -2.61. The first kappa shape index (κ1) is 11.9. The molecule has 90 valence electrons. The van der Waals surface area contributed by atoms with E-state index in [1.54, 1.807) is 24.3 Å². The third-order valence-corrected chi connectivity index (χ3v) is 2.55.